The van der Waals surface area contributed by atoms with Gasteiger partial charge in [0.25, 0.3) is 0 Å². The summed E-state index contributed by atoms with van der Waals surface area (Å²) in [6, 6.07) is 3.17. The molecular weight excluding hydrogens is 256 g/mol. The maximum absolute atomic E-state index is 13.2. The summed E-state index contributed by atoms with van der Waals surface area (Å²) >= 11 is 0. The Morgan fingerprint density at radius 3 is 2.56 bits per heavy atom. The molecule has 3 nitrogen and oxygen atoms in total. The smallest absolute Gasteiger partial charge is 0.466 e. The minimum atomic E-state index is -5.02. The molecule has 0 saturated carbocycles. The molecule has 0 fully saturated rings. The SMILES string of the molecule is CCOC(=O)Cc1cccc(F)c1OC(F)(F)F. The average molecular weight is 266 g/mol. The fourth-order valence-electron chi connectivity index (χ4n) is 1.29. The van der Waals surface area contributed by atoms with Gasteiger partial charge in [0, 0.05) is 5.56 Å². The Hall–Kier alpha value is -1.79. The molecule has 0 N–H and O–H groups in total. The summed E-state index contributed by atoms with van der Waals surface area (Å²) in [5, 5.41) is 0. The van der Waals surface area contributed by atoms with E-state index >= 15 is 0 Å². The lowest BCUT2D eigenvalue weighted by molar-refractivity contribution is -0.275. The number of halogens is 4. The molecule has 0 aliphatic rings. The van der Waals surface area contributed by atoms with Crippen molar-refractivity contribution in [3.05, 3.63) is 29.6 Å². The van der Waals surface area contributed by atoms with Crippen LogP contribution in [0.3, 0.4) is 0 Å². The van der Waals surface area contributed by atoms with Crippen molar-refractivity contribution < 1.29 is 31.8 Å². The molecule has 0 aliphatic carbocycles. The van der Waals surface area contributed by atoms with Crippen LogP contribution in [0.5, 0.6) is 5.75 Å². The molecule has 0 saturated heterocycles. The Morgan fingerprint density at radius 1 is 1.33 bits per heavy atom. The first-order valence-electron chi connectivity index (χ1n) is 5.02. The van der Waals surface area contributed by atoms with E-state index in [0.29, 0.717) is 0 Å². The normalized spacial score (nSPS) is 11.2. The van der Waals surface area contributed by atoms with Crippen molar-refractivity contribution in [3.63, 3.8) is 0 Å². The van der Waals surface area contributed by atoms with E-state index in [-0.39, 0.29) is 12.2 Å². The van der Waals surface area contributed by atoms with E-state index in [2.05, 4.69) is 9.47 Å². The van der Waals surface area contributed by atoms with Crippen LogP contribution < -0.4 is 4.74 Å². The van der Waals surface area contributed by atoms with E-state index in [1.807, 2.05) is 0 Å². The highest BCUT2D eigenvalue weighted by Crippen LogP contribution is 2.29. The molecule has 1 rings (SSSR count). The zero-order chi connectivity index (χ0) is 13.8. The van der Waals surface area contributed by atoms with Crippen molar-refractivity contribution in [3.8, 4) is 5.75 Å². The first kappa shape index (κ1) is 14.3. The van der Waals surface area contributed by atoms with Crippen LogP contribution in [0.1, 0.15) is 12.5 Å². The van der Waals surface area contributed by atoms with Crippen LogP contribution in [0.25, 0.3) is 0 Å². The Kier molecular flexibility index (Phi) is 4.52. The number of carbonyl (C=O) groups is 1. The summed E-state index contributed by atoms with van der Waals surface area (Å²) in [5.74, 6) is -2.94. The number of rotatable bonds is 4. The van der Waals surface area contributed by atoms with E-state index < -0.39 is 30.3 Å². The third-order valence-corrected chi connectivity index (χ3v) is 1.91. The molecule has 7 heteroatoms. The molecule has 100 valence electrons. The summed E-state index contributed by atoms with van der Waals surface area (Å²) in [6.45, 7) is 1.64. The van der Waals surface area contributed by atoms with Gasteiger partial charge in [-0.05, 0) is 13.0 Å². The molecule has 0 amide bonds. The quantitative estimate of drug-likeness (QED) is 0.621. The van der Waals surface area contributed by atoms with Gasteiger partial charge in [0.1, 0.15) is 0 Å². The van der Waals surface area contributed by atoms with E-state index in [9.17, 15) is 22.4 Å². The molecule has 0 bridgehead atoms. The highest BCUT2D eigenvalue weighted by molar-refractivity contribution is 5.73. The standard InChI is InChI=1S/C11H10F4O3/c1-2-17-9(16)6-7-4-3-5-8(12)10(7)18-11(13,14)15/h3-5H,2,6H2,1H3. The van der Waals surface area contributed by atoms with E-state index in [1.54, 1.807) is 6.92 Å². The van der Waals surface area contributed by atoms with Gasteiger partial charge in [0.2, 0.25) is 0 Å². The van der Waals surface area contributed by atoms with Crippen LogP contribution >= 0.6 is 0 Å². The van der Waals surface area contributed by atoms with Crippen molar-refractivity contribution in [2.24, 2.45) is 0 Å². The maximum atomic E-state index is 13.2. The monoisotopic (exact) mass is 266 g/mol. The molecule has 0 radical (unpaired) electrons. The summed E-state index contributed by atoms with van der Waals surface area (Å²) in [7, 11) is 0. The highest BCUT2D eigenvalue weighted by atomic mass is 19.4. The highest BCUT2D eigenvalue weighted by Gasteiger charge is 2.33. The lowest BCUT2D eigenvalue weighted by Crippen LogP contribution is -2.20. The predicted octanol–water partition coefficient (Wildman–Crippen LogP) is 2.83. The second kappa shape index (κ2) is 5.70. The number of alkyl halides is 3. The van der Waals surface area contributed by atoms with Crippen LogP contribution in [-0.4, -0.2) is 18.9 Å². The van der Waals surface area contributed by atoms with Crippen LogP contribution in [-0.2, 0) is 16.0 Å². The fourth-order valence-corrected chi connectivity index (χ4v) is 1.29. The Bertz CT molecular complexity index is 429. The molecule has 18 heavy (non-hydrogen) atoms. The molecule has 0 aliphatic heterocycles. The number of hydrogen-bond donors (Lipinski definition) is 0. The Balaban J connectivity index is 2.97. The van der Waals surface area contributed by atoms with Gasteiger partial charge in [-0.1, -0.05) is 12.1 Å². The Morgan fingerprint density at radius 2 is 2.00 bits per heavy atom. The lowest BCUT2D eigenvalue weighted by atomic mass is 10.1. The van der Waals surface area contributed by atoms with Crippen molar-refractivity contribution in [1.82, 2.24) is 0 Å². The average Bonchev–Trinajstić information content (AvgIpc) is 2.22. The molecule has 0 spiro atoms. The number of para-hydroxylation sites is 1. The van der Waals surface area contributed by atoms with Gasteiger partial charge < -0.3 is 9.47 Å². The van der Waals surface area contributed by atoms with Crippen molar-refractivity contribution in [2.45, 2.75) is 19.7 Å². The first-order valence-corrected chi connectivity index (χ1v) is 5.02. The zero-order valence-corrected chi connectivity index (χ0v) is 9.38. The number of hydrogen-bond acceptors (Lipinski definition) is 3. The van der Waals surface area contributed by atoms with Crippen molar-refractivity contribution in [2.75, 3.05) is 6.61 Å². The molecular formula is C11H10F4O3. The third-order valence-electron chi connectivity index (χ3n) is 1.91. The van der Waals surface area contributed by atoms with Crippen molar-refractivity contribution in [1.29, 1.82) is 0 Å². The number of esters is 1. The summed E-state index contributed by atoms with van der Waals surface area (Å²) in [6.07, 6.45) is -5.51. The van der Waals surface area contributed by atoms with Gasteiger partial charge >= 0.3 is 12.3 Å². The third kappa shape index (κ3) is 4.23. The molecule has 0 unspecified atom stereocenters. The van der Waals surface area contributed by atoms with E-state index in [4.69, 9.17) is 0 Å². The van der Waals surface area contributed by atoms with Gasteiger partial charge in [-0.2, -0.15) is 0 Å². The van der Waals surface area contributed by atoms with Gasteiger partial charge in [-0.3, -0.25) is 4.79 Å². The van der Waals surface area contributed by atoms with Crippen LogP contribution in [0.15, 0.2) is 18.2 Å². The number of benzene rings is 1. The summed E-state index contributed by atoms with van der Waals surface area (Å²) < 4.78 is 57.6. The van der Waals surface area contributed by atoms with Gasteiger partial charge in [-0.15, -0.1) is 13.2 Å². The summed E-state index contributed by atoms with van der Waals surface area (Å²) in [5.41, 5.74) is -0.217. The predicted molar refractivity (Wildman–Crippen MR) is 53.4 cm³/mol. The zero-order valence-electron chi connectivity index (χ0n) is 9.38. The van der Waals surface area contributed by atoms with E-state index in [1.165, 1.54) is 12.1 Å². The minimum Gasteiger partial charge on any atom is -0.466 e. The second-order valence-electron chi connectivity index (χ2n) is 3.26. The molecule has 1 aromatic rings. The van der Waals surface area contributed by atoms with Crippen LogP contribution in [0, 0.1) is 5.82 Å². The number of carbonyl (C=O) groups excluding carboxylic acids is 1. The molecule has 1 aromatic carbocycles. The fraction of sp³-hybridized carbons (Fsp3) is 0.364. The van der Waals surface area contributed by atoms with Gasteiger partial charge in [0.15, 0.2) is 11.6 Å². The molecule has 0 atom stereocenters. The van der Waals surface area contributed by atoms with Gasteiger partial charge in [-0.25, -0.2) is 4.39 Å². The van der Waals surface area contributed by atoms with Crippen LogP contribution in [0.2, 0.25) is 0 Å². The minimum absolute atomic E-state index is 0.0869. The molecule has 0 heterocycles. The lowest BCUT2D eigenvalue weighted by Gasteiger charge is -2.13. The topological polar surface area (TPSA) is 35.5 Å². The molecule has 0 aromatic heterocycles. The number of ether oxygens (including phenoxy) is 2. The second-order valence-corrected chi connectivity index (χ2v) is 3.26. The Labute approximate surface area is 100 Å². The van der Waals surface area contributed by atoms with Gasteiger partial charge in [0.05, 0.1) is 13.0 Å². The van der Waals surface area contributed by atoms with Crippen molar-refractivity contribution >= 4 is 5.97 Å². The summed E-state index contributed by atoms with van der Waals surface area (Å²) in [4.78, 5) is 11.2. The largest absolute Gasteiger partial charge is 0.573 e. The van der Waals surface area contributed by atoms with Crippen LogP contribution in [0.4, 0.5) is 17.6 Å². The van der Waals surface area contributed by atoms with E-state index in [0.717, 1.165) is 6.07 Å². The maximum Gasteiger partial charge on any atom is 0.573 e. The first-order chi connectivity index (χ1) is 8.33.